The molecule has 0 spiro atoms. The van der Waals surface area contributed by atoms with Gasteiger partial charge in [0.15, 0.2) is 0 Å². The monoisotopic (exact) mass is 590 g/mol. The van der Waals surface area contributed by atoms with Crippen LogP contribution >= 0.6 is 11.3 Å². The van der Waals surface area contributed by atoms with E-state index in [9.17, 15) is 0 Å². The molecular formula is C31H26Cl2SZr-2. The van der Waals surface area contributed by atoms with Gasteiger partial charge in [0.05, 0.1) is 0 Å². The molecule has 0 bridgehead atoms. The van der Waals surface area contributed by atoms with Crippen LogP contribution in [-0.2, 0) is 30.7 Å². The topological polar surface area (TPSA) is 0 Å². The minimum Gasteiger partial charge on any atom is -0.126 e. The summed E-state index contributed by atoms with van der Waals surface area (Å²) in [6, 6.07) is 31.9. The quantitative estimate of drug-likeness (QED) is 0.283. The SMILES string of the molecule is CC1[C-]=C(c2ccsc2)C=C1.[Cl-].[Cl-].[Zr+2]=[CH]Cc1ccccc1.c1ccc2c(c1)[cH-]c1ccccc12. The van der Waals surface area contributed by atoms with Crippen LogP contribution in [0.2, 0.25) is 0 Å². The predicted octanol–water partition coefficient (Wildman–Crippen LogP) is 2.44. The molecule has 0 saturated carbocycles. The van der Waals surface area contributed by atoms with Crippen molar-refractivity contribution in [2.75, 3.05) is 0 Å². The van der Waals surface area contributed by atoms with Crippen molar-refractivity contribution in [2.24, 2.45) is 5.92 Å². The molecule has 1 unspecified atom stereocenters. The van der Waals surface area contributed by atoms with E-state index in [2.05, 4.69) is 125 Å². The number of thiophene rings is 1. The second-order valence-electron chi connectivity index (χ2n) is 7.93. The Hall–Kier alpha value is -1.96. The summed E-state index contributed by atoms with van der Waals surface area (Å²) in [5, 5.41) is 9.65. The Bertz CT molecular complexity index is 1310. The van der Waals surface area contributed by atoms with E-state index >= 15 is 0 Å². The normalized spacial score (nSPS) is 13.5. The van der Waals surface area contributed by atoms with Gasteiger partial charge in [0.25, 0.3) is 0 Å². The number of allylic oxidation sites excluding steroid dienone is 4. The zero-order chi connectivity index (χ0) is 22.9. The van der Waals surface area contributed by atoms with Gasteiger partial charge < -0.3 is 24.8 Å². The third-order valence-electron chi connectivity index (χ3n) is 5.47. The molecule has 0 nitrogen and oxygen atoms in total. The van der Waals surface area contributed by atoms with Crippen LogP contribution in [0.4, 0.5) is 0 Å². The third kappa shape index (κ3) is 8.30. The minimum absolute atomic E-state index is 0. The van der Waals surface area contributed by atoms with Crippen molar-refractivity contribution in [3.63, 3.8) is 0 Å². The Morgan fingerprint density at radius 2 is 1.46 bits per heavy atom. The molecule has 1 atom stereocenters. The van der Waals surface area contributed by atoms with Crippen molar-refractivity contribution in [2.45, 2.75) is 13.3 Å². The maximum absolute atomic E-state index is 3.37. The standard InChI is InChI=1S/C13H9.C10H9S.C8H8.2ClH.Zr/c1-3-7-12-10(5-1)9-11-6-2-4-8-13(11)12;1-8-2-3-9(6-8)10-4-5-11-7-10;1-2-8-6-4-3-5-7-8;;;/h1-9H;2-5,7-8H,1H3;1,3-7H,2H2;2*1H;/q2*-1;;;;+2/p-2. The average Bonchev–Trinajstić information content (AvgIpc) is 3.60. The summed E-state index contributed by atoms with van der Waals surface area (Å²) in [5.41, 5.74) is 3.96. The van der Waals surface area contributed by atoms with Gasteiger partial charge in [0, 0.05) is 0 Å². The van der Waals surface area contributed by atoms with Crippen LogP contribution in [0.5, 0.6) is 0 Å². The molecule has 4 heteroatoms. The molecule has 0 N–H and O–H groups in total. The van der Waals surface area contributed by atoms with Gasteiger partial charge in [0.2, 0.25) is 0 Å². The summed E-state index contributed by atoms with van der Waals surface area (Å²) in [6.07, 6.45) is 8.81. The largest absolute Gasteiger partial charge is 0.126 e. The van der Waals surface area contributed by atoms with E-state index in [0.717, 1.165) is 6.42 Å². The molecule has 0 saturated heterocycles. The van der Waals surface area contributed by atoms with Crippen molar-refractivity contribution in [3.05, 3.63) is 131 Å². The van der Waals surface area contributed by atoms with Gasteiger partial charge in [0.1, 0.15) is 0 Å². The van der Waals surface area contributed by atoms with Crippen molar-refractivity contribution in [1.29, 1.82) is 0 Å². The first-order valence-corrected chi connectivity index (χ1v) is 13.5. The summed E-state index contributed by atoms with van der Waals surface area (Å²) in [7, 11) is 0. The van der Waals surface area contributed by atoms with E-state index in [1.165, 1.54) is 62.5 Å². The van der Waals surface area contributed by atoms with Gasteiger partial charge >= 0.3 is 70.3 Å². The zero-order valence-electron chi connectivity index (χ0n) is 19.5. The Morgan fingerprint density at radius 1 is 0.857 bits per heavy atom. The van der Waals surface area contributed by atoms with Crippen LogP contribution in [0, 0.1) is 12.0 Å². The second-order valence-corrected chi connectivity index (χ2v) is 9.71. The van der Waals surface area contributed by atoms with Gasteiger partial charge in [-0.2, -0.15) is 29.1 Å². The molecule has 35 heavy (non-hydrogen) atoms. The van der Waals surface area contributed by atoms with E-state index in [1.807, 2.05) is 6.07 Å². The van der Waals surface area contributed by atoms with Crippen LogP contribution in [0.3, 0.4) is 0 Å². The molecule has 1 aliphatic carbocycles. The number of halogens is 2. The Labute approximate surface area is 239 Å². The van der Waals surface area contributed by atoms with Gasteiger partial charge in [-0.25, -0.2) is 0 Å². The van der Waals surface area contributed by atoms with Gasteiger partial charge in [-0.3, -0.25) is 0 Å². The van der Waals surface area contributed by atoms with Crippen LogP contribution < -0.4 is 24.8 Å². The first-order chi connectivity index (χ1) is 16.2. The molecule has 1 aliphatic rings. The van der Waals surface area contributed by atoms with E-state index in [1.54, 1.807) is 11.3 Å². The van der Waals surface area contributed by atoms with Crippen LogP contribution in [0.1, 0.15) is 18.1 Å². The third-order valence-corrected chi connectivity index (χ3v) is 6.66. The van der Waals surface area contributed by atoms with Gasteiger partial charge in [-0.15, -0.1) is 51.4 Å². The molecule has 0 amide bonds. The Balaban J connectivity index is 0.000000183. The summed E-state index contributed by atoms with van der Waals surface area (Å²) < 4.78 is 2.25. The van der Waals surface area contributed by atoms with Crippen LogP contribution in [0.25, 0.3) is 27.1 Å². The Morgan fingerprint density at radius 3 is 1.97 bits per heavy atom. The number of fused-ring (bicyclic) bond motifs is 3. The minimum atomic E-state index is 0. The van der Waals surface area contributed by atoms with E-state index in [0.29, 0.717) is 5.92 Å². The Kier molecular flexibility index (Phi) is 12.7. The molecule has 5 aromatic rings. The maximum atomic E-state index is 3.37. The molecule has 0 radical (unpaired) electrons. The van der Waals surface area contributed by atoms with E-state index in [4.69, 9.17) is 0 Å². The molecule has 4 aromatic carbocycles. The number of rotatable bonds is 3. The molecular weight excluding hydrogens is 567 g/mol. The summed E-state index contributed by atoms with van der Waals surface area (Å²) in [5.74, 6) is 0.491. The molecule has 0 aliphatic heterocycles. The first kappa shape index (κ1) is 29.3. The van der Waals surface area contributed by atoms with Gasteiger partial charge in [-0.05, 0) is 5.38 Å². The number of hydrogen-bond donors (Lipinski definition) is 0. The first-order valence-electron chi connectivity index (χ1n) is 11.1. The van der Waals surface area contributed by atoms with Crippen molar-refractivity contribution in [1.82, 2.24) is 0 Å². The smallest absolute Gasteiger partial charge is 0.0771 e. The van der Waals surface area contributed by atoms with Gasteiger partial charge in [-0.1, -0.05) is 60.7 Å². The summed E-state index contributed by atoms with van der Waals surface area (Å²) in [4.78, 5) is 0. The fraction of sp³-hybridized carbons (Fsp3) is 0.0968. The van der Waals surface area contributed by atoms with Crippen LogP contribution in [-0.4, -0.2) is 3.71 Å². The molecule has 0 fully saturated rings. The second kappa shape index (κ2) is 15.2. The summed E-state index contributed by atoms with van der Waals surface area (Å²) in [6.45, 7) is 2.15. The van der Waals surface area contributed by atoms with E-state index in [-0.39, 0.29) is 24.8 Å². The molecule has 6 rings (SSSR count). The van der Waals surface area contributed by atoms with Crippen molar-refractivity contribution >= 4 is 42.2 Å². The van der Waals surface area contributed by atoms with Crippen molar-refractivity contribution in [3.8, 4) is 0 Å². The maximum Gasteiger partial charge on any atom is -0.0771 e. The summed E-state index contributed by atoms with van der Waals surface area (Å²) >= 11 is 3.24. The fourth-order valence-corrected chi connectivity index (χ4v) is 5.05. The zero-order valence-corrected chi connectivity index (χ0v) is 24.3. The van der Waals surface area contributed by atoms with Crippen LogP contribution in [0.15, 0.2) is 114 Å². The number of benzene rings is 3. The average molecular weight is 593 g/mol. The molecule has 1 aromatic heterocycles. The van der Waals surface area contributed by atoms with Crippen molar-refractivity contribution < 1.29 is 49.0 Å². The molecule has 1 heterocycles. The number of hydrogen-bond acceptors (Lipinski definition) is 1. The molecule has 176 valence electrons. The fourth-order valence-electron chi connectivity index (χ4n) is 3.82. The van der Waals surface area contributed by atoms with E-state index < -0.39 is 0 Å². The predicted molar refractivity (Wildman–Crippen MR) is 143 cm³/mol.